The van der Waals surface area contributed by atoms with Crippen LogP contribution < -0.4 is 5.32 Å². The monoisotopic (exact) mass is 305 g/mol. The summed E-state index contributed by atoms with van der Waals surface area (Å²) in [4.78, 5) is 23.9. The van der Waals surface area contributed by atoms with Gasteiger partial charge in [0.15, 0.2) is 0 Å². The predicted molar refractivity (Wildman–Crippen MR) is 88.0 cm³/mol. The molecule has 0 fully saturated rings. The van der Waals surface area contributed by atoms with Crippen LogP contribution in [0.5, 0.6) is 0 Å². The first kappa shape index (κ1) is 18.2. The molecule has 0 heterocycles. The second kappa shape index (κ2) is 9.98. The Kier molecular flexibility index (Phi) is 8.26. The molecule has 1 N–H and O–H groups in total. The van der Waals surface area contributed by atoms with Gasteiger partial charge in [-0.15, -0.1) is 0 Å². The van der Waals surface area contributed by atoms with E-state index in [0.29, 0.717) is 30.2 Å². The number of carbonyl (C=O) groups is 2. The number of hydrogen-bond donors (Lipinski definition) is 1. The second-order valence-electron chi connectivity index (χ2n) is 5.86. The summed E-state index contributed by atoms with van der Waals surface area (Å²) >= 11 is 0. The lowest BCUT2D eigenvalue weighted by atomic mass is 10.1. The fraction of sp³-hybridized carbons (Fsp3) is 0.556. The zero-order valence-electron chi connectivity index (χ0n) is 13.9. The van der Waals surface area contributed by atoms with Gasteiger partial charge < -0.3 is 10.1 Å². The maximum absolute atomic E-state index is 12.0. The van der Waals surface area contributed by atoms with Crippen LogP contribution in [-0.2, 0) is 4.74 Å². The zero-order valence-corrected chi connectivity index (χ0v) is 13.9. The van der Waals surface area contributed by atoms with Crippen LogP contribution in [0.3, 0.4) is 0 Å². The molecule has 0 bridgehead atoms. The van der Waals surface area contributed by atoms with Crippen molar-refractivity contribution in [2.75, 3.05) is 13.2 Å². The summed E-state index contributed by atoms with van der Waals surface area (Å²) in [6.07, 6.45) is 3.88. The van der Waals surface area contributed by atoms with Crippen molar-refractivity contribution >= 4 is 11.9 Å². The smallest absolute Gasteiger partial charge is 0.338 e. The average Bonchev–Trinajstić information content (AvgIpc) is 2.51. The molecule has 0 spiro atoms. The minimum Gasteiger partial charge on any atom is -0.462 e. The second-order valence-corrected chi connectivity index (χ2v) is 5.86. The van der Waals surface area contributed by atoms with Crippen LogP contribution >= 0.6 is 0 Å². The Labute approximate surface area is 133 Å². The molecule has 4 nitrogen and oxygen atoms in total. The molecule has 1 aromatic carbocycles. The van der Waals surface area contributed by atoms with Crippen LogP contribution in [0.1, 0.15) is 67.2 Å². The van der Waals surface area contributed by atoms with Gasteiger partial charge in [0.05, 0.1) is 12.2 Å². The van der Waals surface area contributed by atoms with E-state index in [1.54, 1.807) is 24.3 Å². The van der Waals surface area contributed by atoms with Gasteiger partial charge in [-0.05, 0) is 43.4 Å². The summed E-state index contributed by atoms with van der Waals surface area (Å²) in [5.41, 5.74) is 0.917. The molecule has 0 radical (unpaired) electrons. The Morgan fingerprint density at radius 2 is 1.91 bits per heavy atom. The lowest BCUT2D eigenvalue weighted by Crippen LogP contribution is -2.24. The van der Waals surface area contributed by atoms with Crippen molar-refractivity contribution in [1.82, 2.24) is 5.32 Å². The number of rotatable bonds is 9. The van der Waals surface area contributed by atoms with E-state index in [1.165, 1.54) is 0 Å². The highest BCUT2D eigenvalue weighted by Gasteiger charge is 2.11. The lowest BCUT2D eigenvalue weighted by molar-refractivity contribution is 0.0494. The fourth-order valence-electron chi connectivity index (χ4n) is 2.01. The van der Waals surface area contributed by atoms with Crippen molar-refractivity contribution in [1.29, 1.82) is 0 Å². The van der Waals surface area contributed by atoms with Gasteiger partial charge in [-0.2, -0.15) is 0 Å². The Morgan fingerprint density at radius 1 is 1.18 bits per heavy atom. The van der Waals surface area contributed by atoms with Crippen LogP contribution in [0.25, 0.3) is 0 Å². The summed E-state index contributed by atoms with van der Waals surface area (Å²) in [6, 6.07) is 6.68. The molecule has 122 valence electrons. The van der Waals surface area contributed by atoms with Gasteiger partial charge in [-0.25, -0.2) is 4.79 Å². The highest BCUT2D eigenvalue weighted by atomic mass is 16.5. The highest BCUT2D eigenvalue weighted by molar-refractivity contribution is 5.97. The molecule has 0 saturated heterocycles. The lowest BCUT2D eigenvalue weighted by Gasteiger charge is -2.08. The largest absolute Gasteiger partial charge is 0.462 e. The molecular formula is C18H27NO3. The predicted octanol–water partition coefficient (Wildman–Crippen LogP) is 3.81. The van der Waals surface area contributed by atoms with Crippen molar-refractivity contribution < 1.29 is 14.3 Å². The van der Waals surface area contributed by atoms with Crippen molar-refractivity contribution in [2.24, 2.45) is 5.92 Å². The summed E-state index contributed by atoms with van der Waals surface area (Å²) in [5.74, 6) is 0.0868. The molecule has 0 saturated carbocycles. The van der Waals surface area contributed by atoms with Gasteiger partial charge in [0.25, 0.3) is 5.91 Å². The summed E-state index contributed by atoms with van der Waals surface area (Å²) in [6.45, 7) is 7.43. The van der Waals surface area contributed by atoms with E-state index in [4.69, 9.17) is 4.74 Å². The van der Waals surface area contributed by atoms with Crippen molar-refractivity contribution in [3.63, 3.8) is 0 Å². The van der Waals surface area contributed by atoms with E-state index in [1.807, 2.05) is 0 Å². The number of unbranched alkanes of at least 4 members (excludes halogenated alkanes) is 1. The number of benzene rings is 1. The van der Waals surface area contributed by atoms with Gasteiger partial charge in [0, 0.05) is 12.1 Å². The van der Waals surface area contributed by atoms with Crippen LogP contribution in [0, 0.1) is 5.92 Å². The van der Waals surface area contributed by atoms with E-state index in [9.17, 15) is 9.59 Å². The molecule has 0 aliphatic rings. The Morgan fingerprint density at radius 3 is 2.59 bits per heavy atom. The van der Waals surface area contributed by atoms with Crippen molar-refractivity contribution in [2.45, 2.75) is 46.5 Å². The molecule has 0 aliphatic heterocycles. The van der Waals surface area contributed by atoms with Crippen LogP contribution in [0.4, 0.5) is 0 Å². The minimum absolute atomic E-state index is 0.150. The van der Waals surface area contributed by atoms with Crippen LogP contribution in [0.15, 0.2) is 24.3 Å². The number of esters is 1. The van der Waals surface area contributed by atoms with E-state index in [0.717, 1.165) is 25.7 Å². The standard InChI is InChI=1S/C18H27NO3/c1-4-5-11-19-17(20)15-9-6-10-16(13-15)18(21)22-12-7-8-14(2)3/h6,9-10,13-14H,4-5,7-8,11-12H2,1-3H3,(H,19,20). The maximum atomic E-state index is 12.0. The molecule has 0 unspecified atom stereocenters. The summed E-state index contributed by atoms with van der Waals surface area (Å²) < 4.78 is 5.24. The molecule has 22 heavy (non-hydrogen) atoms. The topological polar surface area (TPSA) is 55.4 Å². The molecular weight excluding hydrogens is 278 g/mol. The quantitative estimate of drug-likeness (QED) is 0.557. The highest BCUT2D eigenvalue weighted by Crippen LogP contribution is 2.09. The first-order chi connectivity index (χ1) is 10.5. The van der Waals surface area contributed by atoms with Gasteiger partial charge >= 0.3 is 5.97 Å². The van der Waals surface area contributed by atoms with Crippen LogP contribution in [-0.4, -0.2) is 25.0 Å². The van der Waals surface area contributed by atoms with Crippen molar-refractivity contribution in [3.05, 3.63) is 35.4 Å². The fourth-order valence-corrected chi connectivity index (χ4v) is 2.01. The molecule has 0 atom stereocenters. The first-order valence-corrected chi connectivity index (χ1v) is 8.10. The third-order valence-electron chi connectivity index (χ3n) is 3.34. The Balaban J connectivity index is 2.52. The molecule has 1 amide bonds. The van der Waals surface area contributed by atoms with Gasteiger partial charge in [-0.1, -0.05) is 33.3 Å². The number of amides is 1. The minimum atomic E-state index is -0.369. The molecule has 0 aromatic heterocycles. The Bertz CT molecular complexity index is 483. The molecule has 4 heteroatoms. The van der Waals surface area contributed by atoms with Gasteiger partial charge in [0.1, 0.15) is 0 Å². The Hall–Kier alpha value is -1.84. The average molecular weight is 305 g/mol. The van der Waals surface area contributed by atoms with E-state index in [-0.39, 0.29) is 11.9 Å². The molecule has 0 aliphatic carbocycles. The summed E-state index contributed by atoms with van der Waals surface area (Å²) in [7, 11) is 0. The SMILES string of the molecule is CCCCNC(=O)c1cccc(C(=O)OCCCC(C)C)c1. The number of nitrogens with one attached hydrogen (secondary N) is 1. The first-order valence-electron chi connectivity index (χ1n) is 8.10. The molecule has 1 rings (SSSR count). The number of carbonyl (C=O) groups excluding carboxylic acids is 2. The zero-order chi connectivity index (χ0) is 16.4. The van der Waals surface area contributed by atoms with E-state index >= 15 is 0 Å². The summed E-state index contributed by atoms with van der Waals surface area (Å²) in [5, 5.41) is 2.84. The third kappa shape index (κ3) is 6.74. The van der Waals surface area contributed by atoms with Crippen molar-refractivity contribution in [3.8, 4) is 0 Å². The van der Waals surface area contributed by atoms with Crippen LogP contribution in [0.2, 0.25) is 0 Å². The van der Waals surface area contributed by atoms with Gasteiger partial charge in [-0.3, -0.25) is 4.79 Å². The normalized spacial score (nSPS) is 10.5. The van der Waals surface area contributed by atoms with Gasteiger partial charge in [0.2, 0.25) is 0 Å². The van der Waals surface area contributed by atoms with E-state index < -0.39 is 0 Å². The number of ether oxygens (including phenoxy) is 1. The number of hydrogen-bond acceptors (Lipinski definition) is 3. The third-order valence-corrected chi connectivity index (χ3v) is 3.34. The maximum Gasteiger partial charge on any atom is 0.338 e. The molecule has 1 aromatic rings. The van der Waals surface area contributed by atoms with E-state index in [2.05, 4.69) is 26.1 Å².